The van der Waals surface area contributed by atoms with Crippen molar-refractivity contribution in [3.63, 3.8) is 0 Å². The molecule has 2 atom stereocenters. The molecular weight excluding hydrogens is 384 g/mol. The van der Waals surface area contributed by atoms with E-state index >= 15 is 0 Å². The van der Waals surface area contributed by atoms with Crippen molar-refractivity contribution in [2.45, 2.75) is 38.9 Å². The number of morpholine rings is 1. The molecule has 164 valence electrons. The lowest BCUT2D eigenvalue weighted by atomic mass is 9.96. The second-order valence-electron chi connectivity index (χ2n) is 8.65. The van der Waals surface area contributed by atoms with E-state index in [1.807, 2.05) is 29.2 Å². The maximum Gasteiger partial charge on any atom is 0.414 e. The third-order valence-corrected chi connectivity index (χ3v) is 6.08. The summed E-state index contributed by atoms with van der Waals surface area (Å²) in [6, 6.07) is 7.27. The number of urea groups is 1. The summed E-state index contributed by atoms with van der Waals surface area (Å²) in [5, 5.41) is 2.98. The predicted octanol–water partition coefficient (Wildman–Crippen LogP) is 3.00. The van der Waals surface area contributed by atoms with Gasteiger partial charge in [0.2, 0.25) is 0 Å². The molecule has 2 unspecified atom stereocenters. The van der Waals surface area contributed by atoms with Crippen molar-refractivity contribution in [3.05, 3.63) is 24.3 Å². The Kier molecular flexibility index (Phi) is 6.43. The lowest BCUT2D eigenvalue weighted by Crippen LogP contribution is -2.49. The summed E-state index contributed by atoms with van der Waals surface area (Å²) in [5.74, 6) is 0.621. The minimum atomic E-state index is -0.343. The number of hydrogen-bond donors (Lipinski definition) is 1. The molecule has 8 nitrogen and oxygen atoms in total. The average molecular weight is 417 g/mol. The number of piperidine rings is 1. The van der Waals surface area contributed by atoms with Gasteiger partial charge in [0, 0.05) is 44.1 Å². The zero-order valence-corrected chi connectivity index (χ0v) is 17.9. The molecule has 4 rings (SSSR count). The molecule has 0 spiro atoms. The van der Waals surface area contributed by atoms with Gasteiger partial charge >= 0.3 is 12.1 Å². The van der Waals surface area contributed by atoms with Gasteiger partial charge in [-0.3, -0.25) is 9.80 Å². The summed E-state index contributed by atoms with van der Waals surface area (Å²) in [4.78, 5) is 30.5. The van der Waals surface area contributed by atoms with Crippen LogP contribution in [0.15, 0.2) is 24.3 Å². The fraction of sp³-hybridized carbons (Fsp3) is 0.636. The van der Waals surface area contributed by atoms with E-state index in [1.165, 1.54) is 0 Å². The second kappa shape index (κ2) is 9.22. The normalized spacial score (nSPS) is 26.0. The zero-order chi connectivity index (χ0) is 21.1. The van der Waals surface area contributed by atoms with Gasteiger partial charge in [0.15, 0.2) is 0 Å². The standard InChI is InChI=1S/C22H32N4O4/c1-16-13-24(14-17(2)30-16)15-18-6-8-25(9-7-18)21(27)23-19-4-3-5-20(12-19)26-10-11-29-22(26)28/h3-5,12,16-18H,6-11,13-15H2,1-2H3,(H,23,27). The first-order valence-corrected chi connectivity index (χ1v) is 11.0. The van der Waals surface area contributed by atoms with Gasteiger partial charge in [-0.05, 0) is 50.8 Å². The molecule has 0 aromatic heterocycles. The molecule has 3 saturated heterocycles. The van der Waals surface area contributed by atoms with E-state index in [1.54, 1.807) is 4.90 Å². The van der Waals surface area contributed by atoms with E-state index in [9.17, 15) is 9.59 Å². The molecule has 3 aliphatic heterocycles. The molecule has 3 heterocycles. The van der Waals surface area contributed by atoms with E-state index < -0.39 is 0 Å². The number of cyclic esters (lactones) is 1. The Morgan fingerprint density at radius 1 is 1.13 bits per heavy atom. The van der Waals surface area contributed by atoms with Gasteiger partial charge < -0.3 is 19.7 Å². The number of carbonyl (C=O) groups is 2. The van der Waals surface area contributed by atoms with Gasteiger partial charge in [-0.25, -0.2) is 9.59 Å². The molecule has 3 fully saturated rings. The maximum atomic E-state index is 12.7. The Balaban J connectivity index is 1.26. The van der Waals surface area contributed by atoms with Gasteiger partial charge in [0.05, 0.1) is 18.8 Å². The number of anilines is 2. The first-order valence-electron chi connectivity index (χ1n) is 11.0. The smallest absolute Gasteiger partial charge is 0.414 e. The van der Waals surface area contributed by atoms with Crippen LogP contribution in [0.5, 0.6) is 0 Å². The van der Waals surface area contributed by atoms with Crippen LogP contribution >= 0.6 is 0 Å². The Morgan fingerprint density at radius 3 is 2.53 bits per heavy atom. The molecule has 3 amide bonds. The molecule has 8 heteroatoms. The summed E-state index contributed by atoms with van der Waals surface area (Å²) < 4.78 is 10.8. The number of benzene rings is 1. The largest absolute Gasteiger partial charge is 0.447 e. The summed E-state index contributed by atoms with van der Waals surface area (Å²) in [6.45, 7) is 9.80. The lowest BCUT2D eigenvalue weighted by molar-refractivity contribution is -0.0728. The molecule has 1 aromatic rings. The maximum absolute atomic E-state index is 12.7. The molecule has 0 aliphatic carbocycles. The third-order valence-electron chi connectivity index (χ3n) is 6.08. The highest BCUT2D eigenvalue weighted by molar-refractivity contribution is 5.93. The first-order chi connectivity index (χ1) is 14.5. The van der Waals surface area contributed by atoms with Crippen molar-refractivity contribution in [1.29, 1.82) is 0 Å². The Labute approximate surface area is 178 Å². The molecule has 0 saturated carbocycles. The van der Waals surface area contributed by atoms with Crippen LogP contribution in [0, 0.1) is 5.92 Å². The fourth-order valence-electron chi connectivity index (χ4n) is 4.70. The highest BCUT2D eigenvalue weighted by Gasteiger charge is 2.28. The zero-order valence-electron chi connectivity index (χ0n) is 17.9. The monoisotopic (exact) mass is 416 g/mol. The van der Waals surface area contributed by atoms with Gasteiger partial charge in [-0.1, -0.05) is 6.07 Å². The highest BCUT2D eigenvalue weighted by atomic mass is 16.6. The topological polar surface area (TPSA) is 74.4 Å². The van der Waals surface area contributed by atoms with Gasteiger partial charge in [0.1, 0.15) is 6.61 Å². The Morgan fingerprint density at radius 2 is 1.87 bits per heavy atom. The summed E-state index contributed by atoms with van der Waals surface area (Å²) in [7, 11) is 0. The average Bonchev–Trinajstić information content (AvgIpc) is 3.14. The number of hydrogen-bond acceptors (Lipinski definition) is 5. The number of rotatable bonds is 4. The van der Waals surface area contributed by atoms with Crippen molar-refractivity contribution in [3.8, 4) is 0 Å². The van der Waals surface area contributed by atoms with E-state index in [2.05, 4.69) is 24.1 Å². The summed E-state index contributed by atoms with van der Waals surface area (Å²) in [6.07, 6.45) is 2.28. The van der Waals surface area contributed by atoms with E-state index in [0.29, 0.717) is 24.8 Å². The lowest BCUT2D eigenvalue weighted by Gasteiger charge is -2.39. The van der Waals surface area contributed by atoms with Crippen molar-refractivity contribution in [2.24, 2.45) is 5.92 Å². The van der Waals surface area contributed by atoms with Crippen LogP contribution in [-0.4, -0.2) is 80.0 Å². The van der Waals surface area contributed by atoms with Crippen LogP contribution < -0.4 is 10.2 Å². The number of ether oxygens (including phenoxy) is 2. The first kappa shape index (κ1) is 20.9. The predicted molar refractivity (Wildman–Crippen MR) is 115 cm³/mol. The highest BCUT2D eigenvalue weighted by Crippen LogP contribution is 2.24. The third kappa shape index (κ3) is 5.05. The molecule has 0 bridgehead atoms. The van der Waals surface area contributed by atoms with Crippen molar-refractivity contribution < 1.29 is 19.1 Å². The second-order valence-corrected chi connectivity index (χ2v) is 8.65. The van der Waals surface area contributed by atoms with Gasteiger partial charge in [-0.2, -0.15) is 0 Å². The molecule has 3 aliphatic rings. The van der Waals surface area contributed by atoms with E-state index in [4.69, 9.17) is 9.47 Å². The minimum absolute atomic E-state index is 0.0804. The van der Waals surface area contributed by atoms with Crippen molar-refractivity contribution in [2.75, 3.05) is 56.1 Å². The Bertz CT molecular complexity index is 755. The van der Waals surface area contributed by atoms with Crippen LogP contribution in [0.4, 0.5) is 21.0 Å². The van der Waals surface area contributed by atoms with E-state index in [0.717, 1.165) is 51.3 Å². The van der Waals surface area contributed by atoms with Crippen molar-refractivity contribution >= 4 is 23.5 Å². The fourth-order valence-corrected chi connectivity index (χ4v) is 4.70. The number of nitrogens with one attached hydrogen (secondary N) is 1. The Hall–Kier alpha value is -2.32. The molecule has 0 radical (unpaired) electrons. The van der Waals surface area contributed by atoms with Crippen LogP contribution in [0.25, 0.3) is 0 Å². The number of likely N-dealkylation sites (tertiary alicyclic amines) is 1. The van der Waals surface area contributed by atoms with E-state index in [-0.39, 0.29) is 24.3 Å². The number of nitrogens with zero attached hydrogens (tertiary/aromatic N) is 3. The van der Waals surface area contributed by atoms with Gasteiger partial charge in [0.25, 0.3) is 0 Å². The number of amides is 3. The summed E-state index contributed by atoms with van der Waals surface area (Å²) >= 11 is 0. The van der Waals surface area contributed by atoms with Crippen LogP contribution in [0.2, 0.25) is 0 Å². The SMILES string of the molecule is CC1CN(CC2CCN(C(=O)Nc3cccc(N4CCOC4=O)c3)CC2)CC(C)O1. The summed E-state index contributed by atoms with van der Waals surface area (Å²) in [5.41, 5.74) is 1.43. The minimum Gasteiger partial charge on any atom is -0.447 e. The van der Waals surface area contributed by atoms with Crippen LogP contribution in [-0.2, 0) is 9.47 Å². The van der Waals surface area contributed by atoms with Crippen LogP contribution in [0.3, 0.4) is 0 Å². The van der Waals surface area contributed by atoms with Crippen molar-refractivity contribution in [1.82, 2.24) is 9.80 Å². The molecule has 1 N–H and O–H groups in total. The van der Waals surface area contributed by atoms with Crippen LogP contribution in [0.1, 0.15) is 26.7 Å². The molecular formula is C22H32N4O4. The molecule has 1 aromatic carbocycles. The number of carbonyl (C=O) groups excluding carboxylic acids is 2. The van der Waals surface area contributed by atoms with Gasteiger partial charge in [-0.15, -0.1) is 0 Å². The quantitative estimate of drug-likeness (QED) is 0.817. The molecule has 30 heavy (non-hydrogen) atoms.